The monoisotopic (exact) mass is 264 g/mol. The van der Waals surface area contributed by atoms with E-state index in [1.54, 1.807) is 0 Å². The van der Waals surface area contributed by atoms with Crippen LogP contribution in [-0.2, 0) is 8.85 Å². The predicted octanol–water partition coefficient (Wildman–Crippen LogP) is 2.97. The summed E-state index contributed by atoms with van der Waals surface area (Å²) in [7, 11) is -3.09. The first-order valence-corrected chi connectivity index (χ1v) is 14.6. The number of hydrogen-bond donors (Lipinski definition) is 0. The molecule has 0 saturated carbocycles. The van der Waals surface area contributed by atoms with Gasteiger partial charge in [-0.15, -0.1) is 0 Å². The molecule has 0 aliphatic carbocycles. The normalized spacial score (nSPS) is 14.4. The van der Waals surface area contributed by atoms with Crippen molar-refractivity contribution in [1.29, 1.82) is 0 Å². The molecule has 0 fully saturated rings. The van der Waals surface area contributed by atoms with E-state index >= 15 is 0 Å². The third-order valence-electron chi connectivity index (χ3n) is 1.76. The molecule has 0 saturated heterocycles. The van der Waals surface area contributed by atoms with E-state index in [2.05, 4.69) is 46.2 Å². The van der Waals surface area contributed by atoms with Crippen LogP contribution in [0.2, 0.25) is 45.3 Å². The van der Waals surface area contributed by atoms with E-state index in [1.165, 1.54) is 12.5 Å². The Bertz CT molecular complexity index is 156. The third-order valence-corrected chi connectivity index (χ3v) is 6.29. The quantitative estimate of drug-likeness (QED) is 0.520. The summed E-state index contributed by atoms with van der Waals surface area (Å²) in [5, 5.41) is 0. The lowest BCUT2D eigenvalue weighted by molar-refractivity contribution is 0.0605. The van der Waals surface area contributed by atoms with E-state index < -0.39 is 16.6 Å². The molecule has 0 aromatic rings. The molecule has 0 aromatic carbocycles. The average molecular weight is 265 g/mol. The summed E-state index contributed by atoms with van der Waals surface area (Å²) in [6.45, 7) is 15.7. The van der Waals surface area contributed by atoms with Crippen LogP contribution in [0.3, 0.4) is 0 Å². The van der Waals surface area contributed by atoms with Gasteiger partial charge in [-0.1, -0.05) is 19.4 Å². The highest BCUT2D eigenvalue weighted by Gasteiger charge is 2.26. The smallest absolute Gasteiger partial charge is 0.186 e. The van der Waals surface area contributed by atoms with E-state index in [4.69, 9.17) is 8.85 Å². The molecule has 0 aliphatic heterocycles. The predicted molar refractivity (Wildman–Crippen MR) is 76.3 cm³/mol. The molecule has 92 valence electrons. The van der Waals surface area contributed by atoms with Gasteiger partial charge in [0, 0.05) is 0 Å². The van der Waals surface area contributed by atoms with Crippen molar-refractivity contribution in [2.24, 2.45) is 0 Å². The van der Waals surface area contributed by atoms with Gasteiger partial charge in [-0.25, -0.2) is 0 Å². The third kappa shape index (κ3) is 10.8. The van der Waals surface area contributed by atoms with Crippen LogP contribution in [0.25, 0.3) is 0 Å². The first-order valence-electron chi connectivity index (χ1n) is 6.00. The number of rotatable bonds is 7. The lowest BCUT2D eigenvalue weighted by atomic mass is 10.6. The fourth-order valence-electron chi connectivity index (χ4n) is 1.30. The van der Waals surface area contributed by atoms with Crippen molar-refractivity contribution < 1.29 is 8.85 Å². The van der Waals surface area contributed by atoms with Gasteiger partial charge in [0.25, 0.3) is 0 Å². The second kappa shape index (κ2) is 6.34. The Morgan fingerprint density at radius 1 is 0.933 bits per heavy atom. The first-order chi connectivity index (χ1) is 6.64. The zero-order chi connectivity index (χ0) is 12.1. The summed E-state index contributed by atoms with van der Waals surface area (Å²) in [6, 6.07) is 1.33. The van der Waals surface area contributed by atoms with Gasteiger partial charge < -0.3 is 8.85 Å². The number of hydrogen-bond acceptors (Lipinski definition) is 2. The van der Waals surface area contributed by atoms with Crippen molar-refractivity contribution in [2.75, 3.05) is 0 Å². The summed E-state index contributed by atoms with van der Waals surface area (Å²) < 4.78 is 12.3. The minimum Gasteiger partial charge on any atom is -0.398 e. The largest absolute Gasteiger partial charge is 0.398 e. The maximum absolute atomic E-state index is 6.13. The second-order valence-corrected chi connectivity index (χ2v) is 16.9. The Morgan fingerprint density at radius 2 is 1.33 bits per heavy atom. The zero-order valence-electron chi connectivity index (χ0n) is 11.5. The van der Waals surface area contributed by atoms with Gasteiger partial charge in [-0.2, -0.15) is 0 Å². The Balaban J connectivity index is 4.19. The average Bonchev–Trinajstić information content (AvgIpc) is 1.94. The second-order valence-electron chi connectivity index (χ2n) is 6.03. The summed E-state index contributed by atoms with van der Waals surface area (Å²) >= 11 is 0. The molecule has 0 heterocycles. The molecular formula is C10H28O2Si3. The van der Waals surface area contributed by atoms with E-state index in [0.29, 0.717) is 0 Å². The fourth-order valence-corrected chi connectivity index (χ4v) is 7.76. The van der Waals surface area contributed by atoms with E-state index in [9.17, 15) is 0 Å². The topological polar surface area (TPSA) is 18.5 Å². The lowest BCUT2D eigenvalue weighted by Gasteiger charge is -2.31. The van der Waals surface area contributed by atoms with Crippen molar-refractivity contribution in [1.82, 2.24) is 0 Å². The molecule has 0 radical (unpaired) electrons. The fraction of sp³-hybridized carbons (Fsp3) is 1.00. The molecule has 0 atom stereocenters. The van der Waals surface area contributed by atoms with Gasteiger partial charge in [-0.05, 0) is 39.3 Å². The minimum atomic E-state index is -1.44. The SMILES string of the molecule is CCC[SiH2]C(O[Si](C)(C)C)O[Si](C)(C)C. The molecule has 0 bridgehead atoms. The van der Waals surface area contributed by atoms with E-state index in [1.807, 2.05) is 0 Å². The molecule has 0 aromatic heterocycles. The Hall–Kier alpha value is 0.571. The molecular weight excluding hydrogens is 236 g/mol. The van der Waals surface area contributed by atoms with Crippen LogP contribution in [0.1, 0.15) is 13.3 Å². The maximum Gasteiger partial charge on any atom is 0.186 e. The van der Waals surface area contributed by atoms with Gasteiger partial charge in [0.15, 0.2) is 16.6 Å². The minimum absolute atomic E-state index is 0.184. The Labute approximate surface area is 99.8 Å². The molecule has 2 nitrogen and oxygen atoms in total. The summed E-state index contributed by atoms with van der Waals surface area (Å²) in [5.41, 5.74) is 0. The summed E-state index contributed by atoms with van der Waals surface area (Å²) in [4.78, 5) is 0. The van der Waals surface area contributed by atoms with Gasteiger partial charge in [0.1, 0.15) is 5.91 Å². The summed E-state index contributed by atoms with van der Waals surface area (Å²) in [5.74, 6) is 0.184. The van der Waals surface area contributed by atoms with Crippen LogP contribution in [0.4, 0.5) is 0 Å². The standard InChI is InChI=1S/C10H28O2Si3/c1-8-9-13-10(11-14(2,3)4)12-15(5,6)7/h10H,8-9,13H2,1-7H3. The Morgan fingerprint density at radius 3 is 1.60 bits per heavy atom. The van der Waals surface area contributed by atoms with Crippen molar-refractivity contribution in [2.45, 2.75) is 64.6 Å². The molecule has 15 heavy (non-hydrogen) atoms. The van der Waals surface area contributed by atoms with Gasteiger partial charge >= 0.3 is 0 Å². The van der Waals surface area contributed by atoms with Crippen molar-refractivity contribution in [3.63, 3.8) is 0 Å². The van der Waals surface area contributed by atoms with Gasteiger partial charge in [0.05, 0.1) is 9.52 Å². The van der Waals surface area contributed by atoms with Crippen LogP contribution in [0, 0.1) is 0 Å². The molecule has 0 N–H and O–H groups in total. The molecule has 5 heteroatoms. The van der Waals surface area contributed by atoms with Crippen LogP contribution >= 0.6 is 0 Å². The van der Waals surface area contributed by atoms with Crippen molar-refractivity contribution in [3.8, 4) is 0 Å². The van der Waals surface area contributed by atoms with Crippen LogP contribution < -0.4 is 0 Å². The lowest BCUT2D eigenvalue weighted by Crippen LogP contribution is -2.42. The maximum atomic E-state index is 6.13. The van der Waals surface area contributed by atoms with Crippen LogP contribution in [0.5, 0.6) is 0 Å². The van der Waals surface area contributed by atoms with Gasteiger partial charge in [0.2, 0.25) is 0 Å². The molecule has 0 aliphatic rings. The highest BCUT2D eigenvalue weighted by atomic mass is 28.4. The molecule has 0 amide bonds. The zero-order valence-corrected chi connectivity index (χ0v) is 14.9. The molecule has 0 spiro atoms. The van der Waals surface area contributed by atoms with Crippen LogP contribution in [0.15, 0.2) is 0 Å². The van der Waals surface area contributed by atoms with E-state index in [-0.39, 0.29) is 15.4 Å². The Kier molecular flexibility index (Phi) is 6.58. The molecule has 0 rings (SSSR count). The summed E-state index contributed by atoms with van der Waals surface area (Å²) in [6.07, 6.45) is 1.27. The molecule has 0 unspecified atom stereocenters. The van der Waals surface area contributed by atoms with Crippen LogP contribution in [-0.4, -0.2) is 32.1 Å². The van der Waals surface area contributed by atoms with Crippen molar-refractivity contribution in [3.05, 3.63) is 0 Å². The van der Waals surface area contributed by atoms with E-state index in [0.717, 1.165) is 0 Å². The highest BCUT2D eigenvalue weighted by Crippen LogP contribution is 2.14. The highest BCUT2D eigenvalue weighted by molar-refractivity contribution is 6.71. The van der Waals surface area contributed by atoms with Crippen molar-refractivity contribution >= 4 is 26.2 Å². The first kappa shape index (κ1) is 15.6. The van der Waals surface area contributed by atoms with Gasteiger partial charge in [-0.3, -0.25) is 0 Å².